The standard InChI is InChI=1S/C19H22N2O3/c1-13-5-3-7-15(20-13)10-21-11-17(18(12-21)19(22)23)14-6-4-8-16(9-14)24-2/h3-9,17-18H,10-12H2,1-2H3,(H,22,23)/t17-,18+/m1/s1. The van der Waals surface area contributed by atoms with E-state index in [1.165, 1.54) is 0 Å². The van der Waals surface area contributed by atoms with Crippen molar-refractivity contribution >= 4 is 5.97 Å². The van der Waals surface area contributed by atoms with Crippen LogP contribution >= 0.6 is 0 Å². The molecular weight excluding hydrogens is 304 g/mol. The lowest BCUT2D eigenvalue weighted by molar-refractivity contribution is -0.141. The molecule has 0 amide bonds. The second-order valence-electron chi connectivity index (χ2n) is 6.29. The SMILES string of the molecule is COc1cccc([C@H]2CN(Cc3cccc(C)n3)C[C@@H]2C(=O)O)c1. The van der Waals surface area contributed by atoms with E-state index in [0.29, 0.717) is 19.6 Å². The number of aryl methyl sites for hydroxylation is 1. The highest BCUT2D eigenvalue weighted by molar-refractivity contribution is 5.72. The summed E-state index contributed by atoms with van der Waals surface area (Å²) in [6.45, 7) is 3.88. The van der Waals surface area contributed by atoms with Crippen LogP contribution in [0, 0.1) is 12.8 Å². The fourth-order valence-electron chi connectivity index (χ4n) is 3.39. The molecule has 0 bridgehead atoms. The zero-order valence-corrected chi connectivity index (χ0v) is 14.0. The van der Waals surface area contributed by atoms with Crippen LogP contribution in [-0.2, 0) is 11.3 Å². The van der Waals surface area contributed by atoms with Crippen LogP contribution in [0.3, 0.4) is 0 Å². The minimum absolute atomic E-state index is 0.0394. The number of benzene rings is 1. The summed E-state index contributed by atoms with van der Waals surface area (Å²) in [5.41, 5.74) is 2.97. The number of carboxylic acids is 1. The second kappa shape index (κ2) is 7.01. The van der Waals surface area contributed by atoms with Gasteiger partial charge in [0.2, 0.25) is 0 Å². The first kappa shape index (κ1) is 16.5. The maximum atomic E-state index is 11.7. The molecule has 5 heteroatoms. The van der Waals surface area contributed by atoms with Crippen LogP contribution in [-0.4, -0.2) is 41.2 Å². The van der Waals surface area contributed by atoms with Gasteiger partial charge in [0.25, 0.3) is 0 Å². The number of hydrogen-bond acceptors (Lipinski definition) is 4. The van der Waals surface area contributed by atoms with E-state index in [1.807, 2.05) is 49.4 Å². The first-order valence-electron chi connectivity index (χ1n) is 8.08. The number of aromatic nitrogens is 1. The smallest absolute Gasteiger partial charge is 0.308 e. The highest BCUT2D eigenvalue weighted by Crippen LogP contribution is 2.34. The molecule has 2 aromatic rings. The van der Waals surface area contributed by atoms with Crippen molar-refractivity contribution < 1.29 is 14.6 Å². The fraction of sp³-hybridized carbons (Fsp3) is 0.368. The number of nitrogens with zero attached hydrogens (tertiary/aromatic N) is 2. The highest BCUT2D eigenvalue weighted by atomic mass is 16.5. The van der Waals surface area contributed by atoms with Gasteiger partial charge < -0.3 is 9.84 Å². The van der Waals surface area contributed by atoms with Gasteiger partial charge in [-0.2, -0.15) is 0 Å². The number of hydrogen-bond donors (Lipinski definition) is 1. The van der Waals surface area contributed by atoms with E-state index in [9.17, 15) is 9.90 Å². The molecule has 0 aliphatic carbocycles. The number of aliphatic carboxylic acids is 1. The molecule has 1 saturated heterocycles. The van der Waals surface area contributed by atoms with Crippen LogP contribution in [0.4, 0.5) is 0 Å². The van der Waals surface area contributed by atoms with Gasteiger partial charge in [-0.1, -0.05) is 18.2 Å². The van der Waals surface area contributed by atoms with Crippen molar-refractivity contribution in [1.82, 2.24) is 9.88 Å². The van der Waals surface area contributed by atoms with Gasteiger partial charge in [0.15, 0.2) is 0 Å². The molecule has 2 heterocycles. The average molecular weight is 326 g/mol. The number of rotatable bonds is 5. The van der Waals surface area contributed by atoms with Crippen molar-refractivity contribution in [2.45, 2.75) is 19.4 Å². The molecule has 1 aliphatic heterocycles. The number of pyridine rings is 1. The Morgan fingerprint density at radius 1 is 1.29 bits per heavy atom. The van der Waals surface area contributed by atoms with Crippen molar-refractivity contribution in [3.63, 3.8) is 0 Å². The quantitative estimate of drug-likeness (QED) is 0.915. The number of carbonyl (C=O) groups is 1. The van der Waals surface area contributed by atoms with E-state index in [0.717, 1.165) is 22.7 Å². The Labute approximate surface area is 141 Å². The molecule has 1 fully saturated rings. The van der Waals surface area contributed by atoms with Crippen LogP contribution in [0.25, 0.3) is 0 Å². The van der Waals surface area contributed by atoms with Crippen LogP contribution < -0.4 is 4.74 Å². The summed E-state index contributed by atoms with van der Waals surface area (Å²) in [5, 5.41) is 9.63. The zero-order chi connectivity index (χ0) is 17.1. The summed E-state index contributed by atoms with van der Waals surface area (Å²) in [7, 11) is 1.62. The maximum absolute atomic E-state index is 11.7. The Balaban J connectivity index is 1.80. The fourth-order valence-corrected chi connectivity index (χ4v) is 3.39. The Morgan fingerprint density at radius 2 is 2.08 bits per heavy atom. The summed E-state index contributed by atoms with van der Waals surface area (Å²) < 4.78 is 5.27. The van der Waals surface area contributed by atoms with Gasteiger partial charge in [0.05, 0.1) is 18.7 Å². The number of ether oxygens (including phenoxy) is 1. The van der Waals surface area contributed by atoms with E-state index in [2.05, 4.69) is 9.88 Å². The Morgan fingerprint density at radius 3 is 2.79 bits per heavy atom. The van der Waals surface area contributed by atoms with Crippen molar-refractivity contribution in [3.8, 4) is 5.75 Å². The van der Waals surface area contributed by atoms with Gasteiger partial charge in [-0.25, -0.2) is 0 Å². The van der Waals surface area contributed by atoms with Gasteiger partial charge in [-0.05, 0) is 36.8 Å². The second-order valence-corrected chi connectivity index (χ2v) is 6.29. The molecule has 5 nitrogen and oxygen atoms in total. The van der Waals surface area contributed by atoms with Gasteiger partial charge in [0, 0.05) is 31.2 Å². The molecule has 1 N–H and O–H groups in total. The van der Waals surface area contributed by atoms with E-state index in [-0.39, 0.29) is 5.92 Å². The Kier molecular flexibility index (Phi) is 4.81. The third kappa shape index (κ3) is 3.57. The van der Waals surface area contributed by atoms with E-state index >= 15 is 0 Å². The highest BCUT2D eigenvalue weighted by Gasteiger charge is 2.38. The van der Waals surface area contributed by atoms with Gasteiger partial charge in [-0.3, -0.25) is 14.7 Å². The van der Waals surface area contributed by atoms with E-state index in [1.54, 1.807) is 7.11 Å². The predicted octanol–water partition coefficient (Wildman–Crippen LogP) is 2.70. The first-order valence-corrected chi connectivity index (χ1v) is 8.08. The van der Waals surface area contributed by atoms with Crippen molar-refractivity contribution in [3.05, 3.63) is 59.4 Å². The topological polar surface area (TPSA) is 62.7 Å². The van der Waals surface area contributed by atoms with Gasteiger partial charge in [-0.15, -0.1) is 0 Å². The van der Waals surface area contributed by atoms with Crippen molar-refractivity contribution in [1.29, 1.82) is 0 Å². The van der Waals surface area contributed by atoms with Crippen molar-refractivity contribution in [2.75, 3.05) is 20.2 Å². The molecule has 126 valence electrons. The third-order valence-electron chi connectivity index (χ3n) is 4.57. The van der Waals surface area contributed by atoms with Crippen molar-refractivity contribution in [2.24, 2.45) is 5.92 Å². The summed E-state index contributed by atoms with van der Waals surface area (Å²) in [5.74, 6) is -0.442. The van der Waals surface area contributed by atoms with Gasteiger partial charge >= 0.3 is 5.97 Å². The predicted molar refractivity (Wildman–Crippen MR) is 91.1 cm³/mol. The Hall–Kier alpha value is -2.40. The summed E-state index contributed by atoms with van der Waals surface area (Å²) >= 11 is 0. The molecule has 1 aromatic heterocycles. The molecule has 0 radical (unpaired) electrons. The minimum atomic E-state index is -0.748. The largest absolute Gasteiger partial charge is 0.497 e. The number of methoxy groups -OCH3 is 1. The summed E-state index contributed by atoms with van der Waals surface area (Å²) in [6, 6.07) is 13.7. The van der Waals surface area contributed by atoms with E-state index < -0.39 is 11.9 Å². The summed E-state index contributed by atoms with van der Waals surface area (Å²) in [6.07, 6.45) is 0. The lowest BCUT2D eigenvalue weighted by Gasteiger charge is -2.16. The normalized spacial score (nSPS) is 20.9. The molecule has 1 aromatic carbocycles. The van der Waals surface area contributed by atoms with Crippen LogP contribution in [0.1, 0.15) is 22.9 Å². The van der Waals surface area contributed by atoms with E-state index in [4.69, 9.17) is 4.74 Å². The summed E-state index contributed by atoms with van der Waals surface area (Å²) in [4.78, 5) is 18.4. The van der Waals surface area contributed by atoms with Crippen LogP contribution in [0.15, 0.2) is 42.5 Å². The average Bonchev–Trinajstić information content (AvgIpc) is 2.99. The molecular formula is C19H22N2O3. The lowest BCUT2D eigenvalue weighted by atomic mass is 9.89. The number of carboxylic acid groups (broad SMARTS) is 1. The molecule has 0 saturated carbocycles. The third-order valence-corrected chi connectivity index (χ3v) is 4.57. The zero-order valence-electron chi connectivity index (χ0n) is 14.0. The van der Waals surface area contributed by atoms with Crippen LogP contribution in [0.5, 0.6) is 5.75 Å². The minimum Gasteiger partial charge on any atom is -0.497 e. The maximum Gasteiger partial charge on any atom is 0.308 e. The molecule has 3 rings (SSSR count). The molecule has 24 heavy (non-hydrogen) atoms. The first-order chi connectivity index (χ1) is 11.6. The molecule has 0 unspecified atom stereocenters. The monoisotopic (exact) mass is 326 g/mol. The molecule has 0 spiro atoms. The van der Waals surface area contributed by atoms with Crippen LogP contribution in [0.2, 0.25) is 0 Å². The lowest BCUT2D eigenvalue weighted by Crippen LogP contribution is -2.23. The van der Waals surface area contributed by atoms with Gasteiger partial charge in [0.1, 0.15) is 5.75 Å². The Bertz CT molecular complexity index is 732. The molecule has 2 atom stereocenters. The molecule has 1 aliphatic rings. The number of likely N-dealkylation sites (tertiary alicyclic amines) is 1.